The van der Waals surface area contributed by atoms with Crippen molar-refractivity contribution < 1.29 is 13.9 Å². The Balaban J connectivity index is 1.91. The predicted octanol–water partition coefficient (Wildman–Crippen LogP) is 1.12. The van der Waals surface area contributed by atoms with Crippen molar-refractivity contribution in [2.75, 3.05) is 26.3 Å². The van der Waals surface area contributed by atoms with Crippen LogP contribution < -0.4 is 5.32 Å². The number of hydrogen-bond acceptors (Lipinski definition) is 4. The van der Waals surface area contributed by atoms with Gasteiger partial charge in [-0.2, -0.15) is 0 Å². The highest BCUT2D eigenvalue weighted by molar-refractivity contribution is 5.81. The Morgan fingerprint density at radius 2 is 2.10 bits per heavy atom. The van der Waals surface area contributed by atoms with Gasteiger partial charge in [0.15, 0.2) is 0 Å². The van der Waals surface area contributed by atoms with E-state index >= 15 is 0 Å². The van der Waals surface area contributed by atoms with Crippen LogP contribution in [-0.4, -0.2) is 48.1 Å². The number of carbonyl (C=O) groups excluding carboxylic acids is 1. The molecule has 1 amide bonds. The van der Waals surface area contributed by atoms with Crippen LogP contribution in [0.1, 0.15) is 25.6 Å². The van der Waals surface area contributed by atoms with Gasteiger partial charge in [-0.1, -0.05) is 0 Å². The van der Waals surface area contributed by atoms with E-state index in [1.807, 2.05) is 13.8 Å². The molecule has 2 rings (SSSR count). The molecule has 0 saturated carbocycles. The molecule has 1 aromatic heterocycles. The fourth-order valence-corrected chi connectivity index (χ4v) is 2.23. The Kier molecular flexibility index (Phi) is 5.03. The molecule has 0 radical (unpaired) electrons. The zero-order valence-electron chi connectivity index (χ0n) is 11.8. The summed E-state index contributed by atoms with van der Waals surface area (Å²) >= 11 is 0. The first-order chi connectivity index (χ1) is 9.58. The third-order valence-corrected chi connectivity index (χ3v) is 3.39. The van der Waals surface area contributed by atoms with E-state index in [9.17, 15) is 9.18 Å². The summed E-state index contributed by atoms with van der Waals surface area (Å²) in [5.41, 5.74) is 0.716. The van der Waals surface area contributed by atoms with Crippen LogP contribution in [0, 0.1) is 5.82 Å². The quantitative estimate of drug-likeness (QED) is 0.898. The molecule has 0 bridgehead atoms. The number of carbonyl (C=O) groups is 1. The number of pyridine rings is 1. The topological polar surface area (TPSA) is 54.5 Å². The van der Waals surface area contributed by atoms with Crippen molar-refractivity contribution in [3.8, 4) is 0 Å². The Hall–Kier alpha value is -1.53. The smallest absolute Gasteiger partial charge is 0.239 e. The fraction of sp³-hybridized carbons (Fsp3) is 0.571. The van der Waals surface area contributed by atoms with Gasteiger partial charge in [-0.25, -0.2) is 4.39 Å². The number of hydrogen-bond donors (Lipinski definition) is 1. The molecule has 0 aromatic carbocycles. The van der Waals surface area contributed by atoms with Crippen molar-refractivity contribution in [2.45, 2.75) is 25.9 Å². The third kappa shape index (κ3) is 3.74. The highest BCUT2D eigenvalue weighted by atomic mass is 19.1. The molecule has 1 aliphatic rings. The van der Waals surface area contributed by atoms with Gasteiger partial charge in [-0.15, -0.1) is 0 Å². The lowest BCUT2D eigenvalue weighted by molar-refractivity contribution is -0.137. The minimum Gasteiger partial charge on any atom is -0.378 e. The molecule has 2 atom stereocenters. The van der Waals surface area contributed by atoms with E-state index in [1.54, 1.807) is 11.0 Å². The molecular weight excluding hydrogens is 261 g/mol. The molecule has 1 saturated heterocycles. The molecule has 1 fully saturated rings. The predicted molar refractivity (Wildman–Crippen MR) is 72.6 cm³/mol. The Morgan fingerprint density at radius 3 is 2.70 bits per heavy atom. The number of morpholine rings is 1. The van der Waals surface area contributed by atoms with E-state index in [0.717, 1.165) is 0 Å². The van der Waals surface area contributed by atoms with Crippen LogP contribution in [0.2, 0.25) is 0 Å². The zero-order valence-corrected chi connectivity index (χ0v) is 11.8. The molecule has 6 heteroatoms. The minimum atomic E-state index is -0.363. The highest BCUT2D eigenvalue weighted by Crippen LogP contribution is 2.11. The molecule has 1 N–H and O–H groups in total. The molecule has 110 valence electrons. The van der Waals surface area contributed by atoms with Gasteiger partial charge in [0.25, 0.3) is 0 Å². The average Bonchev–Trinajstić information content (AvgIpc) is 2.48. The second kappa shape index (κ2) is 6.76. The largest absolute Gasteiger partial charge is 0.378 e. The summed E-state index contributed by atoms with van der Waals surface area (Å²) in [7, 11) is 0. The molecule has 5 nitrogen and oxygen atoms in total. The molecule has 2 unspecified atom stereocenters. The van der Waals surface area contributed by atoms with Crippen LogP contribution in [0.25, 0.3) is 0 Å². The van der Waals surface area contributed by atoms with Gasteiger partial charge in [0.1, 0.15) is 5.82 Å². The van der Waals surface area contributed by atoms with Gasteiger partial charge in [0, 0.05) is 19.1 Å². The summed E-state index contributed by atoms with van der Waals surface area (Å²) in [5, 5.41) is 3.20. The van der Waals surface area contributed by atoms with E-state index in [0.29, 0.717) is 32.0 Å². The maximum absolute atomic E-state index is 12.8. The van der Waals surface area contributed by atoms with Crippen LogP contribution >= 0.6 is 0 Å². The van der Waals surface area contributed by atoms with Crippen molar-refractivity contribution in [1.82, 2.24) is 15.2 Å². The summed E-state index contributed by atoms with van der Waals surface area (Å²) < 4.78 is 18.1. The van der Waals surface area contributed by atoms with Crippen LogP contribution in [-0.2, 0) is 9.53 Å². The number of ether oxygens (including phenoxy) is 1. The second-order valence-electron chi connectivity index (χ2n) is 4.95. The van der Waals surface area contributed by atoms with Crippen LogP contribution in [0.15, 0.2) is 18.3 Å². The fourth-order valence-electron chi connectivity index (χ4n) is 2.23. The van der Waals surface area contributed by atoms with Crippen LogP contribution in [0.3, 0.4) is 0 Å². The normalized spacial score (nSPS) is 18.6. The average molecular weight is 281 g/mol. The Bertz CT molecular complexity index is 446. The maximum Gasteiger partial charge on any atom is 0.239 e. The van der Waals surface area contributed by atoms with Crippen molar-refractivity contribution in [3.63, 3.8) is 0 Å². The van der Waals surface area contributed by atoms with Gasteiger partial charge in [-0.05, 0) is 26.0 Å². The van der Waals surface area contributed by atoms with E-state index in [-0.39, 0.29) is 23.8 Å². The first-order valence-corrected chi connectivity index (χ1v) is 6.82. The number of nitrogens with one attached hydrogen (secondary N) is 1. The first-order valence-electron chi connectivity index (χ1n) is 6.82. The zero-order chi connectivity index (χ0) is 14.5. The van der Waals surface area contributed by atoms with Crippen molar-refractivity contribution in [3.05, 3.63) is 29.8 Å². The highest BCUT2D eigenvalue weighted by Gasteiger charge is 2.23. The van der Waals surface area contributed by atoms with Gasteiger partial charge in [0.2, 0.25) is 5.91 Å². The molecule has 20 heavy (non-hydrogen) atoms. The molecule has 1 aromatic rings. The third-order valence-electron chi connectivity index (χ3n) is 3.39. The molecule has 0 aliphatic carbocycles. The summed E-state index contributed by atoms with van der Waals surface area (Å²) in [6.45, 7) is 6.18. The number of amides is 1. The minimum absolute atomic E-state index is 0.0576. The monoisotopic (exact) mass is 281 g/mol. The van der Waals surface area contributed by atoms with Gasteiger partial charge in [-0.3, -0.25) is 15.1 Å². The standard InChI is InChI=1S/C14H20FN3O2/c1-10(13-4-3-12(15)9-16-13)17-11(2)14(19)18-5-7-20-8-6-18/h3-4,9-11,17H,5-8H2,1-2H3. The molecular formula is C14H20FN3O2. The van der Waals surface area contributed by atoms with E-state index in [2.05, 4.69) is 10.3 Å². The van der Waals surface area contributed by atoms with E-state index in [1.165, 1.54) is 12.3 Å². The summed E-state index contributed by atoms with van der Waals surface area (Å²) in [4.78, 5) is 18.1. The number of halogens is 1. The molecule has 1 aliphatic heterocycles. The van der Waals surface area contributed by atoms with Gasteiger partial charge in [0.05, 0.1) is 31.1 Å². The SMILES string of the molecule is CC(NC(C)c1ccc(F)cn1)C(=O)N1CCOCC1. The van der Waals surface area contributed by atoms with Crippen molar-refractivity contribution in [2.24, 2.45) is 0 Å². The van der Waals surface area contributed by atoms with Crippen molar-refractivity contribution in [1.29, 1.82) is 0 Å². The number of rotatable bonds is 4. The number of aromatic nitrogens is 1. The lowest BCUT2D eigenvalue weighted by atomic mass is 10.1. The first kappa shape index (κ1) is 14.9. The van der Waals surface area contributed by atoms with E-state index in [4.69, 9.17) is 4.74 Å². The lowest BCUT2D eigenvalue weighted by Gasteiger charge is -2.30. The lowest BCUT2D eigenvalue weighted by Crippen LogP contribution is -2.49. The Labute approximate surface area is 118 Å². The Morgan fingerprint density at radius 1 is 1.40 bits per heavy atom. The maximum atomic E-state index is 12.8. The van der Waals surface area contributed by atoms with Gasteiger partial charge < -0.3 is 9.64 Å². The summed E-state index contributed by atoms with van der Waals surface area (Å²) in [6, 6.07) is 2.57. The van der Waals surface area contributed by atoms with E-state index < -0.39 is 0 Å². The number of nitrogens with zero attached hydrogens (tertiary/aromatic N) is 2. The summed E-state index contributed by atoms with van der Waals surface area (Å²) in [6.07, 6.45) is 1.18. The van der Waals surface area contributed by atoms with Crippen molar-refractivity contribution >= 4 is 5.91 Å². The molecule has 2 heterocycles. The van der Waals surface area contributed by atoms with Gasteiger partial charge >= 0.3 is 0 Å². The second-order valence-corrected chi connectivity index (χ2v) is 4.95. The molecule has 0 spiro atoms. The summed E-state index contributed by atoms with van der Waals surface area (Å²) in [5.74, 6) is -0.305. The van der Waals surface area contributed by atoms with Crippen LogP contribution in [0.5, 0.6) is 0 Å². The van der Waals surface area contributed by atoms with Crippen LogP contribution in [0.4, 0.5) is 4.39 Å².